The molecule has 0 saturated heterocycles. The standard InChI is InChI=1S/C3H11N3O2S/c1-3-6(2)5-9(4,7)8/h5H,3H2,1-2H3,(H2,4,7,8). The summed E-state index contributed by atoms with van der Waals surface area (Å²) in [5.74, 6) is 0. The molecule has 0 aliphatic carbocycles. The normalized spacial score (nSPS) is 12.4. The molecule has 0 fully saturated rings. The minimum Gasteiger partial charge on any atom is -0.233 e. The summed E-state index contributed by atoms with van der Waals surface area (Å²) in [6.45, 7) is 2.38. The summed E-state index contributed by atoms with van der Waals surface area (Å²) in [4.78, 5) is 2.05. The summed E-state index contributed by atoms with van der Waals surface area (Å²) < 4.78 is 20.5. The molecular formula is C3H11N3O2S. The van der Waals surface area contributed by atoms with Gasteiger partial charge in [-0.2, -0.15) is 8.42 Å². The summed E-state index contributed by atoms with van der Waals surface area (Å²) in [6, 6.07) is 0. The zero-order valence-corrected chi connectivity index (χ0v) is 6.27. The van der Waals surface area contributed by atoms with E-state index in [1.807, 2.05) is 0 Å². The van der Waals surface area contributed by atoms with E-state index in [2.05, 4.69) is 9.97 Å². The van der Waals surface area contributed by atoms with Crippen molar-refractivity contribution in [2.45, 2.75) is 6.92 Å². The van der Waals surface area contributed by atoms with Gasteiger partial charge in [-0.15, -0.1) is 4.83 Å². The molecule has 0 aromatic carbocycles. The fraction of sp³-hybridized carbons (Fsp3) is 1.00. The van der Waals surface area contributed by atoms with Crippen molar-refractivity contribution in [1.82, 2.24) is 9.84 Å². The minimum absolute atomic E-state index is 0.580. The quantitative estimate of drug-likeness (QED) is 0.492. The van der Waals surface area contributed by atoms with Gasteiger partial charge in [0.2, 0.25) is 0 Å². The Kier molecular flexibility index (Phi) is 3.06. The Morgan fingerprint density at radius 1 is 1.67 bits per heavy atom. The minimum atomic E-state index is -3.56. The van der Waals surface area contributed by atoms with E-state index in [0.29, 0.717) is 6.54 Å². The summed E-state index contributed by atoms with van der Waals surface area (Å²) in [5, 5.41) is 6.00. The third-order valence-electron chi connectivity index (χ3n) is 0.757. The molecule has 0 heterocycles. The number of nitrogens with one attached hydrogen (secondary N) is 1. The van der Waals surface area contributed by atoms with Gasteiger partial charge in [-0.3, -0.25) is 0 Å². The van der Waals surface area contributed by atoms with Gasteiger partial charge in [0.25, 0.3) is 10.2 Å². The van der Waals surface area contributed by atoms with Crippen molar-refractivity contribution in [3.8, 4) is 0 Å². The number of rotatable bonds is 3. The lowest BCUT2D eigenvalue weighted by Gasteiger charge is -2.12. The highest BCUT2D eigenvalue weighted by molar-refractivity contribution is 7.87. The molecule has 0 bridgehead atoms. The maximum atomic E-state index is 10.2. The van der Waals surface area contributed by atoms with E-state index < -0.39 is 10.2 Å². The molecule has 0 aliphatic rings. The molecule has 0 unspecified atom stereocenters. The third kappa shape index (κ3) is 5.71. The van der Waals surface area contributed by atoms with Crippen molar-refractivity contribution in [3.63, 3.8) is 0 Å². The molecule has 3 N–H and O–H groups in total. The molecule has 9 heavy (non-hydrogen) atoms. The van der Waals surface area contributed by atoms with Crippen LogP contribution in [-0.4, -0.2) is 27.0 Å². The van der Waals surface area contributed by atoms with Crippen molar-refractivity contribution >= 4 is 10.2 Å². The van der Waals surface area contributed by atoms with Gasteiger partial charge in [-0.25, -0.2) is 10.1 Å². The molecular weight excluding hydrogens is 142 g/mol. The predicted octanol–water partition coefficient (Wildman–Crippen LogP) is -1.35. The highest BCUT2D eigenvalue weighted by atomic mass is 32.2. The third-order valence-corrected chi connectivity index (χ3v) is 1.32. The van der Waals surface area contributed by atoms with Gasteiger partial charge in [0.15, 0.2) is 0 Å². The Morgan fingerprint density at radius 3 is 2.22 bits per heavy atom. The smallest absolute Gasteiger partial charge is 0.233 e. The van der Waals surface area contributed by atoms with E-state index in [1.54, 1.807) is 14.0 Å². The van der Waals surface area contributed by atoms with Crippen molar-refractivity contribution in [3.05, 3.63) is 0 Å². The average molecular weight is 153 g/mol. The second-order valence-electron chi connectivity index (χ2n) is 1.65. The Hall–Kier alpha value is -0.170. The lowest BCUT2D eigenvalue weighted by Crippen LogP contribution is -2.42. The van der Waals surface area contributed by atoms with Gasteiger partial charge >= 0.3 is 0 Å². The molecule has 0 aliphatic heterocycles. The highest BCUT2D eigenvalue weighted by Gasteiger charge is 2.01. The van der Waals surface area contributed by atoms with Crippen LogP contribution in [0.15, 0.2) is 0 Å². The van der Waals surface area contributed by atoms with Crippen molar-refractivity contribution in [2.24, 2.45) is 5.14 Å². The molecule has 0 radical (unpaired) electrons. The second kappa shape index (κ2) is 3.11. The fourth-order valence-corrected chi connectivity index (χ4v) is 0.845. The van der Waals surface area contributed by atoms with Crippen LogP contribution in [0.5, 0.6) is 0 Å². The predicted molar refractivity (Wildman–Crippen MR) is 34.5 cm³/mol. The van der Waals surface area contributed by atoms with Crippen LogP contribution >= 0.6 is 0 Å². The van der Waals surface area contributed by atoms with Crippen LogP contribution in [0, 0.1) is 0 Å². The van der Waals surface area contributed by atoms with E-state index in [0.717, 1.165) is 0 Å². The first-order valence-corrected chi connectivity index (χ1v) is 4.01. The Bertz CT molecular complexity index is 164. The largest absolute Gasteiger partial charge is 0.287 e. The summed E-state index contributed by atoms with van der Waals surface area (Å²) in [7, 11) is -1.97. The second-order valence-corrected chi connectivity index (χ2v) is 2.92. The monoisotopic (exact) mass is 153 g/mol. The summed E-state index contributed by atoms with van der Waals surface area (Å²) in [6.07, 6.45) is 0. The number of nitrogens with two attached hydrogens (primary N) is 1. The molecule has 0 atom stereocenters. The van der Waals surface area contributed by atoms with Crippen LogP contribution in [0.1, 0.15) is 6.92 Å². The number of nitrogens with zero attached hydrogens (tertiary/aromatic N) is 1. The number of hydrazine groups is 1. The van der Waals surface area contributed by atoms with Gasteiger partial charge in [-0.05, 0) is 0 Å². The Labute approximate surface area is 55.0 Å². The zero-order valence-electron chi connectivity index (χ0n) is 5.46. The maximum absolute atomic E-state index is 10.2. The van der Waals surface area contributed by atoms with Crippen molar-refractivity contribution in [1.29, 1.82) is 0 Å². The van der Waals surface area contributed by atoms with Crippen LogP contribution in [0.4, 0.5) is 0 Å². The fourth-order valence-electron chi connectivity index (χ4n) is 0.282. The molecule has 0 amide bonds. The number of hydrogen-bond acceptors (Lipinski definition) is 3. The van der Waals surface area contributed by atoms with E-state index in [1.165, 1.54) is 5.01 Å². The van der Waals surface area contributed by atoms with Gasteiger partial charge in [0.05, 0.1) is 0 Å². The molecule has 0 aromatic heterocycles. The van der Waals surface area contributed by atoms with E-state index >= 15 is 0 Å². The molecule has 56 valence electrons. The molecule has 0 aromatic rings. The molecule has 0 saturated carbocycles. The number of hydrogen-bond donors (Lipinski definition) is 2. The van der Waals surface area contributed by atoms with Gasteiger partial charge < -0.3 is 0 Å². The van der Waals surface area contributed by atoms with E-state index in [9.17, 15) is 8.42 Å². The molecule has 5 nitrogen and oxygen atoms in total. The van der Waals surface area contributed by atoms with Crippen molar-refractivity contribution < 1.29 is 8.42 Å². The molecule has 6 heteroatoms. The van der Waals surface area contributed by atoms with Crippen molar-refractivity contribution in [2.75, 3.05) is 13.6 Å². The van der Waals surface area contributed by atoms with E-state index in [-0.39, 0.29) is 0 Å². The summed E-state index contributed by atoms with van der Waals surface area (Å²) in [5.41, 5.74) is 0. The highest BCUT2D eigenvalue weighted by Crippen LogP contribution is 1.73. The lowest BCUT2D eigenvalue weighted by atomic mass is 10.8. The van der Waals surface area contributed by atoms with Gasteiger partial charge in [-0.1, -0.05) is 6.92 Å². The van der Waals surface area contributed by atoms with Gasteiger partial charge in [0.1, 0.15) is 0 Å². The van der Waals surface area contributed by atoms with Gasteiger partial charge in [0, 0.05) is 13.6 Å². The topological polar surface area (TPSA) is 75.4 Å². The Balaban J connectivity index is 3.75. The maximum Gasteiger partial charge on any atom is 0.287 e. The van der Waals surface area contributed by atoms with Crippen LogP contribution in [0.25, 0.3) is 0 Å². The van der Waals surface area contributed by atoms with Crippen LogP contribution < -0.4 is 9.97 Å². The Morgan fingerprint density at radius 2 is 2.11 bits per heavy atom. The molecule has 0 rings (SSSR count). The SMILES string of the molecule is CCN(C)NS(N)(=O)=O. The average Bonchev–Trinajstić information content (AvgIpc) is 1.62. The van der Waals surface area contributed by atoms with Crippen LogP contribution in [0.2, 0.25) is 0 Å². The summed E-state index contributed by atoms with van der Waals surface area (Å²) >= 11 is 0. The molecule has 0 spiro atoms. The zero-order chi connectivity index (χ0) is 7.49. The first kappa shape index (κ1) is 8.83. The first-order chi connectivity index (χ1) is 3.95. The first-order valence-electron chi connectivity index (χ1n) is 2.47. The van der Waals surface area contributed by atoms with Crippen LogP contribution in [-0.2, 0) is 10.2 Å². The lowest BCUT2D eigenvalue weighted by molar-refractivity contribution is 0.314. The van der Waals surface area contributed by atoms with Crippen LogP contribution in [0.3, 0.4) is 0 Å². The van der Waals surface area contributed by atoms with E-state index in [4.69, 9.17) is 0 Å².